The van der Waals surface area contributed by atoms with Crippen molar-refractivity contribution in [3.05, 3.63) is 207 Å². The number of hydrogen-bond acceptors (Lipinski definition) is 3. The van der Waals surface area contributed by atoms with E-state index >= 15 is 0 Å². The number of benzene rings is 7. The minimum absolute atomic E-state index is 0. The second-order valence-electron chi connectivity index (χ2n) is 15.9. The van der Waals surface area contributed by atoms with Crippen molar-refractivity contribution >= 4 is 43.5 Å². The molecule has 0 aliphatic rings. The number of rotatable bonds is 7. The predicted octanol–water partition coefficient (Wildman–Crippen LogP) is 15.4. The van der Waals surface area contributed by atoms with Crippen LogP contribution in [0.3, 0.4) is 0 Å². The molecule has 0 saturated carbocycles. The van der Waals surface area contributed by atoms with Crippen LogP contribution in [0.1, 0.15) is 56.2 Å². The van der Waals surface area contributed by atoms with Gasteiger partial charge in [-0.15, -0.1) is 35.9 Å². The number of para-hydroxylation sites is 1. The molecule has 0 aliphatic heterocycles. The van der Waals surface area contributed by atoms with Crippen LogP contribution >= 0.6 is 11.3 Å². The molecule has 5 heteroatoms. The van der Waals surface area contributed by atoms with Crippen LogP contribution in [0.25, 0.3) is 87.4 Å². The van der Waals surface area contributed by atoms with Gasteiger partial charge in [-0.3, -0.25) is 4.98 Å². The van der Waals surface area contributed by atoms with Gasteiger partial charge in [0, 0.05) is 23.0 Å². The van der Waals surface area contributed by atoms with Gasteiger partial charge in [-0.2, -0.15) is 29.9 Å². The number of furan rings is 1. The van der Waals surface area contributed by atoms with Crippen molar-refractivity contribution in [3.63, 3.8) is 0 Å². The first-order valence-electron chi connectivity index (χ1n) is 20.5. The van der Waals surface area contributed by atoms with Crippen molar-refractivity contribution in [2.75, 3.05) is 0 Å². The second kappa shape index (κ2) is 17.8. The maximum atomic E-state index is 6.37. The molecular weight excluding hydrogens is 941 g/mol. The molecule has 3 nitrogen and oxygen atoms in total. The quantitative estimate of drug-likeness (QED) is 0.118. The fraction of sp³-hybridized carbons (Fsp3) is 0.107. The van der Waals surface area contributed by atoms with E-state index in [1.807, 2.05) is 65.4 Å². The maximum absolute atomic E-state index is 6.37. The summed E-state index contributed by atoms with van der Waals surface area (Å²) < 4.78 is 9.42. The number of fused-ring (bicyclic) bond motifs is 4. The van der Waals surface area contributed by atoms with Crippen molar-refractivity contribution in [3.8, 4) is 55.2 Å². The Morgan fingerprint density at radius 3 is 1.95 bits per heavy atom. The molecule has 0 bridgehead atoms. The molecule has 61 heavy (non-hydrogen) atoms. The monoisotopic (exact) mass is 987 g/mol. The summed E-state index contributed by atoms with van der Waals surface area (Å²) in [6.45, 7) is 13.2. The number of thiazole rings is 1. The van der Waals surface area contributed by atoms with Gasteiger partial charge >= 0.3 is 20.1 Å². The molecule has 3 aromatic heterocycles. The van der Waals surface area contributed by atoms with E-state index in [1.54, 1.807) is 11.3 Å². The fourth-order valence-electron chi connectivity index (χ4n) is 8.15. The van der Waals surface area contributed by atoms with Crippen molar-refractivity contribution < 1.29 is 29.1 Å². The first kappa shape index (κ1) is 41.5. The van der Waals surface area contributed by atoms with E-state index < -0.39 is 0 Å². The molecule has 0 atom stereocenters. The van der Waals surface area contributed by atoms with Crippen LogP contribution < -0.4 is 4.57 Å². The molecule has 10 aromatic rings. The standard InChI is InChI=1S/C43H34NOS.C13H12N.Ir/c1-26(2)36-24-31(30-22-20-29(21-23-30)28-12-6-5-7-13-28)25-37(27(3)4)40(36)34-16-11-18-38-42(34)46-43(44-38)35-17-10-15-33-32-14-8-9-19-39(32)45-41(33)35;1-11-7-3-4-8-12(11)13-9-5-6-10-14(13)2;/h5-16,18-27H,1-4H3;3-10H,1-2H2;/q2*-1;+3. The molecule has 10 rings (SSSR count). The summed E-state index contributed by atoms with van der Waals surface area (Å²) in [5.41, 5.74) is 17.2. The number of pyridine rings is 1. The average Bonchev–Trinajstić information content (AvgIpc) is 3.89. The molecule has 3 heterocycles. The Morgan fingerprint density at radius 2 is 1.25 bits per heavy atom. The van der Waals surface area contributed by atoms with Crippen molar-refractivity contribution in [2.45, 2.75) is 39.5 Å². The third kappa shape index (κ3) is 8.17. The third-order valence-corrected chi connectivity index (χ3v) is 12.4. The Balaban J connectivity index is 0.000000291. The van der Waals surface area contributed by atoms with Crippen LogP contribution in [0.2, 0.25) is 0 Å². The summed E-state index contributed by atoms with van der Waals surface area (Å²) in [4.78, 5) is 5.16. The van der Waals surface area contributed by atoms with Crippen molar-refractivity contribution in [2.24, 2.45) is 0 Å². The number of aromatic nitrogens is 2. The van der Waals surface area contributed by atoms with E-state index in [4.69, 9.17) is 9.40 Å². The van der Waals surface area contributed by atoms with Gasteiger partial charge in [0.25, 0.3) is 0 Å². The zero-order chi connectivity index (χ0) is 41.3. The molecule has 0 N–H and O–H groups in total. The van der Waals surface area contributed by atoms with Crippen LogP contribution in [-0.4, -0.2) is 4.98 Å². The van der Waals surface area contributed by atoms with E-state index in [0.717, 1.165) is 54.8 Å². The minimum atomic E-state index is 0. The molecular formula is C56H46IrN2OS+. The Morgan fingerprint density at radius 1 is 0.623 bits per heavy atom. The summed E-state index contributed by atoms with van der Waals surface area (Å²) in [5, 5.41) is 3.15. The summed E-state index contributed by atoms with van der Waals surface area (Å²) >= 11 is 1.74. The fourth-order valence-corrected chi connectivity index (χ4v) is 9.24. The summed E-state index contributed by atoms with van der Waals surface area (Å²) in [6.07, 6.45) is 1.93. The van der Waals surface area contributed by atoms with Crippen LogP contribution in [0, 0.1) is 20.0 Å². The zero-order valence-corrected chi connectivity index (χ0v) is 38.0. The van der Waals surface area contributed by atoms with E-state index in [-0.39, 0.29) is 20.1 Å². The smallest absolute Gasteiger partial charge is 0.501 e. The predicted molar refractivity (Wildman–Crippen MR) is 253 cm³/mol. The van der Waals surface area contributed by atoms with Gasteiger partial charge in [-0.25, -0.2) is 0 Å². The SMILES string of the molecule is CC(C)c1cc(-c2ccc(-c3ccccc3)cc2)cc(C(C)C)c1-c1cccc2nc(-c3[c-]ccc4c3oc3ccccc34)sc12.[CH2-]c1ccccc1-c1cccc[n+]1[CH2-].[Ir+3]. The largest absolute Gasteiger partial charge is 3.00 e. The first-order chi connectivity index (χ1) is 29.2. The summed E-state index contributed by atoms with van der Waals surface area (Å²) in [7, 11) is 3.93. The van der Waals surface area contributed by atoms with Crippen molar-refractivity contribution in [1.29, 1.82) is 0 Å². The van der Waals surface area contributed by atoms with Gasteiger partial charge in [0.1, 0.15) is 5.58 Å². The summed E-state index contributed by atoms with van der Waals surface area (Å²) in [5.74, 6) is 0.688. The molecule has 0 unspecified atom stereocenters. The van der Waals surface area contributed by atoms with Crippen LogP contribution in [-0.2, 0) is 20.1 Å². The van der Waals surface area contributed by atoms with Gasteiger partial charge in [-0.05, 0) is 62.9 Å². The Hall–Kier alpha value is -6.23. The van der Waals surface area contributed by atoms with Gasteiger partial charge in [0.15, 0.2) is 0 Å². The molecule has 0 saturated heterocycles. The topological polar surface area (TPSA) is 29.9 Å². The van der Waals surface area contributed by atoms with E-state index in [1.165, 1.54) is 49.2 Å². The van der Waals surface area contributed by atoms with Gasteiger partial charge in [-0.1, -0.05) is 160 Å². The van der Waals surface area contributed by atoms with Crippen LogP contribution in [0.4, 0.5) is 0 Å². The van der Waals surface area contributed by atoms with Gasteiger partial charge in [0.2, 0.25) is 0 Å². The minimum Gasteiger partial charge on any atom is -0.501 e. The molecule has 300 valence electrons. The molecule has 0 fully saturated rings. The molecule has 0 spiro atoms. The van der Waals surface area contributed by atoms with Crippen LogP contribution in [0.5, 0.6) is 0 Å². The van der Waals surface area contributed by atoms with Crippen LogP contribution in [0.15, 0.2) is 174 Å². The third-order valence-electron chi connectivity index (χ3n) is 11.2. The Labute approximate surface area is 376 Å². The molecule has 0 aliphatic carbocycles. The molecule has 7 aromatic carbocycles. The summed E-state index contributed by atoms with van der Waals surface area (Å²) in [6, 6.07) is 60.8. The Bertz CT molecular complexity index is 3050. The van der Waals surface area contributed by atoms with Gasteiger partial charge < -0.3 is 8.98 Å². The first-order valence-corrected chi connectivity index (χ1v) is 21.4. The van der Waals surface area contributed by atoms with E-state index in [9.17, 15) is 0 Å². The zero-order valence-electron chi connectivity index (χ0n) is 34.8. The van der Waals surface area contributed by atoms with E-state index in [0.29, 0.717) is 11.8 Å². The number of hydrogen-bond donors (Lipinski definition) is 0. The number of nitrogens with zero attached hydrogens (tertiary/aromatic N) is 2. The Kier molecular flexibility index (Phi) is 12.1. The maximum Gasteiger partial charge on any atom is 3.00 e. The second-order valence-corrected chi connectivity index (χ2v) is 16.9. The molecule has 0 amide bonds. The molecule has 0 radical (unpaired) electrons. The average molecular weight is 987 g/mol. The van der Waals surface area contributed by atoms with Gasteiger partial charge in [0.05, 0.1) is 27.7 Å². The normalized spacial score (nSPS) is 11.2. The van der Waals surface area contributed by atoms with E-state index in [2.05, 4.69) is 157 Å². The van der Waals surface area contributed by atoms with Crippen molar-refractivity contribution in [1.82, 2.24) is 4.98 Å².